The van der Waals surface area contributed by atoms with Crippen molar-refractivity contribution < 1.29 is 5.11 Å². The summed E-state index contributed by atoms with van der Waals surface area (Å²) in [5, 5.41) is 9.52. The molecule has 1 aromatic carbocycles. The van der Waals surface area contributed by atoms with Crippen molar-refractivity contribution in [3.63, 3.8) is 0 Å². The number of anilines is 1. The Morgan fingerprint density at radius 3 is 2.83 bits per heavy atom. The molecule has 1 fully saturated rings. The summed E-state index contributed by atoms with van der Waals surface area (Å²) in [5.41, 5.74) is 4.13. The van der Waals surface area contributed by atoms with Crippen molar-refractivity contribution >= 4 is 16.9 Å². The minimum Gasteiger partial charge on any atom is -0.389 e. The first-order valence-electron chi connectivity index (χ1n) is 7.36. The molecule has 2 aromatic heterocycles. The van der Waals surface area contributed by atoms with Gasteiger partial charge < -0.3 is 10.0 Å². The molecule has 5 heteroatoms. The van der Waals surface area contributed by atoms with Gasteiger partial charge in [-0.25, -0.2) is 15.0 Å². The molecule has 5 nitrogen and oxygen atoms in total. The second-order valence-electron chi connectivity index (χ2n) is 5.55. The number of hydrogen-bond acceptors (Lipinski definition) is 5. The maximum Gasteiger partial charge on any atom is 0.158 e. The van der Waals surface area contributed by atoms with Crippen molar-refractivity contribution in [2.45, 2.75) is 6.10 Å². The zero-order valence-electron chi connectivity index (χ0n) is 12.3. The third kappa shape index (κ3) is 2.39. The van der Waals surface area contributed by atoms with Crippen LogP contribution in [0.1, 0.15) is 5.56 Å². The molecule has 3 heterocycles. The van der Waals surface area contributed by atoms with Gasteiger partial charge in [-0.3, -0.25) is 0 Å². The molecule has 0 bridgehead atoms. The lowest BCUT2D eigenvalue weighted by atomic mass is 10.1. The van der Waals surface area contributed by atoms with E-state index in [0.29, 0.717) is 13.1 Å². The molecule has 0 radical (unpaired) electrons. The van der Waals surface area contributed by atoms with Gasteiger partial charge in [0.05, 0.1) is 17.3 Å². The van der Waals surface area contributed by atoms with Crippen LogP contribution in [0.3, 0.4) is 0 Å². The summed E-state index contributed by atoms with van der Waals surface area (Å²) < 4.78 is 0. The van der Waals surface area contributed by atoms with E-state index in [4.69, 9.17) is 11.4 Å². The van der Waals surface area contributed by atoms with Gasteiger partial charge in [-0.05, 0) is 24.3 Å². The predicted octanol–water partition coefficient (Wildman–Crippen LogP) is 1.85. The number of aliphatic hydroxyl groups excluding tert-OH is 1. The predicted molar refractivity (Wildman–Crippen MR) is 88.9 cm³/mol. The second kappa shape index (κ2) is 5.34. The van der Waals surface area contributed by atoms with Crippen LogP contribution in [0, 0.1) is 12.3 Å². The summed E-state index contributed by atoms with van der Waals surface area (Å²) in [6.45, 7) is 1.15. The monoisotopic (exact) mass is 302 g/mol. The number of benzene rings is 1. The van der Waals surface area contributed by atoms with Gasteiger partial charge in [0.1, 0.15) is 11.8 Å². The van der Waals surface area contributed by atoms with E-state index in [1.807, 2.05) is 41.3 Å². The Balaban J connectivity index is 1.83. The first-order chi connectivity index (χ1) is 11.2. The van der Waals surface area contributed by atoms with E-state index in [-0.39, 0.29) is 6.10 Å². The second-order valence-corrected chi connectivity index (χ2v) is 5.55. The number of aromatic nitrogens is 3. The number of terminal acetylenes is 1. The summed E-state index contributed by atoms with van der Waals surface area (Å²) in [7, 11) is 0. The fourth-order valence-corrected chi connectivity index (χ4v) is 2.72. The molecular weight excluding hydrogens is 288 g/mol. The Hall–Kier alpha value is -2.97. The van der Waals surface area contributed by atoms with Gasteiger partial charge in [-0.15, -0.1) is 6.42 Å². The first-order valence-corrected chi connectivity index (χ1v) is 7.36. The van der Waals surface area contributed by atoms with Crippen molar-refractivity contribution in [1.82, 2.24) is 15.0 Å². The van der Waals surface area contributed by atoms with E-state index in [9.17, 15) is 5.11 Å². The zero-order valence-corrected chi connectivity index (χ0v) is 12.3. The third-order valence-electron chi connectivity index (χ3n) is 3.95. The Morgan fingerprint density at radius 1 is 1.17 bits per heavy atom. The summed E-state index contributed by atoms with van der Waals surface area (Å²) in [6, 6.07) is 11.6. The minimum absolute atomic E-state index is 0.296. The molecule has 3 aromatic rings. The molecule has 0 spiro atoms. The molecule has 23 heavy (non-hydrogen) atoms. The van der Waals surface area contributed by atoms with Crippen molar-refractivity contribution in [2.75, 3.05) is 18.0 Å². The molecule has 1 saturated heterocycles. The maximum absolute atomic E-state index is 9.52. The molecule has 0 amide bonds. The summed E-state index contributed by atoms with van der Waals surface area (Å²) >= 11 is 0. The zero-order chi connectivity index (χ0) is 15.8. The van der Waals surface area contributed by atoms with Crippen LogP contribution in [0.2, 0.25) is 0 Å². The highest BCUT2D eigenvalue weighted by Crippen LogP contribution is 2.28. The molecule has 0 aliphatic carbocycles. The Morgan fingerprint density at radius 2 is 2.04 bits per heavy atom. The number of fused-ring (bicyclic) bond motifs is 1. The van der Waals surface area contributed by atoms with E-state index < -0.39 is 0 Å². The van der Waals surface area contributed by atoms with Gasteiger partial charge in [0.15, 0.2) is 5.82 Å². The normalized spacial score (nSPS) is 14.5. The van der Waals surface area contributed by atoms with Crippen LogP contribution in [-0.4, -0.2) is 39.3 Å². The maximum atomic E-state index is 9.52. The van der Waals surface area contributed by atoms with Crippen LogP contribution in [0.5, 0.6) is 0 Å². The molecule has 1 N–H and O–H groups in total. The quantitative estimate of drug-likeness (QED) is 0.732. The third-order valence-corrected chi connectivity index (χ3v) is 3.95. The highest BCUT2D eigenvalue weighted by molar-refractivity contribution is 5.87. The van der Waals surface area contributed by atoms with Crippen molar-refractivity contribution in [2.24, 2.45) is 0 Å². The van der Waals surface area contributed by atoms with Gasteiger partial charge in [0, 0.05) is 24.2 Å². The van der Waals surface area contributed by atoms with Gasteiger partial charge in [0.25, 0.3) is 0 Å². The lowest BCUT2D eigenvalue weighted by Crippen LogP contribution is -2.51. The smallest absolute Gasteiger partial charge is 0.158 e. The van der Waals surface area contributed by atoms with Gasteiger partial charge in [-0.1, -0.05) is 18.1 Å². The van der Waals surface area contributed by atoms with Crippen LogP contribution < -0.4 is 4.90 Å². The van der Waals surface area contributed by atoms with E-state index in [2.05, 4.69) is 15.9 Å². The lowest BCUT2D eigenvalue weighted by molar-refractivity contribution is 0.141. The van der Waals surface area contributed by atoms with E-state index >= 15 is 0 Å². The molecular formula is C18H14N4O. The number of aliphatic hydroxyl groups is 1. The fourth-order valence-electron chi connectivity index (χ4n) is 2.72. The number of rotatable bonds is 2. The Kier molecular flexibility index (Phi) is 3.18. The Labute approximate surface area is 133 Å². The summed E-state index contributed by atoms with van der Waals surface area (Å²) in [6.07, 6.45) is 6.70. The number of pyridine rings is 1. The van der Waals surface area contributed by atoms with Crippen LogP contribution in [0.25, 0.3) is 22.3 Å². The standard InChI is InChI=1S/C18H14N4O/c1-2-12-4-3-5-13(8-12)15-6-7-16-17(21-15)18(20-11-19-16)22-9-14(23)10-22/h1,3-8,11,14,23H,9-10H2. The summed E-state index contributed by atoms with van der Waals surface area (Å²) in [4.78, 5) is 15.4. The molecule has 1 aliphatic rings. The number of nitrogens with zero attached hydrogens (tertiary/aromatic N) is 4. The van der Waals surface area contributed by atoms with Crippen LogP contribution in [-0.2, 0) is 0 Å². The van der Waals surface area contributed by atoms with Crippen molar-refractivity contribution in [3.05, 3.63) is 48.3 Å². The average Bonchev–Trinajstić information content (AvgIpc) is 2.58. The SMILES string of the molecule is C#Cc1cccc(-c2ccc3ncnc(N4CC(O)C4)c3n2)c1. The van der Waals surface area contributed by atoms with E-state index in [1.54, 1.807) is 0 Å². The van der Waals surface area contributed by atoms with Gasteiger partial charge in [0.2, 0.25) is 0 Å². The minimum atomic E-state index is -0.296. The largest absolute Gasteiger partial charge is 0.389 e. The molecule has 0 saturated carbocycles. The van der Waals surface area contributed by atoms with E-state index in [1.165, 1.54) is 6.33 Å². The number of hydrogen-bond donors (Lipinski definition) is 1. The highest BCUT2D eigenvalue weighted by Gasteiger charge is 2.27. The first kappa shape index (κ1) is 13.7. The van der Waals surface area contributed by atoms with Gasteiger partial charge >= 0.3 is 0 Å². The molecule has 0 unspecified atom stereocenters. The average molecular weight is 302 g/mol. The molecule has 1 aliphatic heterocycles. The van der Waals surface area contributed by atoms with Crippen LogP contribution in [0.15, 0.2) is 42.7 Å². The highest BCUT2D eigenvalue weighted by atomic mass is 16.3. The van der Waals surface area contributed by atoms with Crippen LogP contribution in [0.4, 0.5) is 5.82 Å². The Bertz CT molecular complexity index is 926. The van der Waals surface area contributed by atoms with E-state index in [0.717, 1.165) is 33.7 Å². The topological polar surface area (TPSA) is 62.1 Å². The fraction of sp³-hybridized carbons (Fsp3) is 0.167. The molecule has 112 valence electrons. The van der Waals surface area contributed by atoms with Crippen molar-refractivity contribution in [3.8, 4) is 23.6 Å². The molecule has 0 atom stereocenters. The van der Waals surface area contributed by atoms with Crippen molar-refractivity contribution in [1.29, 1.82) is 0 Å². The van der Waals surface area contributed by atoms with Gasteiger partial charge in [-0.2, -0.15) is 0 Å². The number of β-amino-alcohol motifs (C(OH)–C–C–N with tert-alkyl or cyclic N) is 1. The molecule has 4 rings (SSSR count). The van der Waals surface area contributed by atoms with Crippen LogP contribution >= 0.6 is 0 Å². The lowest BCUT2D eigenvalue weighted by Gasteiger charge is -2.36. The summed E-state index contributed by atoms with van der Waals surface area (Å²) in [5.74, 6) is 3.40.